The molecular weight excluding hydrogens is 334 g/mol. The van der Waals surface area contributed by atoms with E-state index < -0.39 is 16.0 Å². The quantitative estimate of drug-likeness (QED) is 0.680. The molecule has 3 rings (SSSR count). The highest BCUT2D eigenvalue weighted by Gasteiger charge is 2.15. The third kappa shape index (κ3) is 3.22. The van der Waals surface area contributed by atoms with Crippen molar-refractivity contribution in [3.63, 3.8) is 0 Å². The molecule has 0 fully saturated rings. The van der Waals surface area contributed by atoms with Gasteiger partial charge < -0.3 is 9.90 Å². The summed E-state index contributed by atoms with van der Waals surface area (Å²) in [7, 11) is -3.92. The molecule has 122 valence electrons. The number of nitrogens with one attached hydrogen (secondary N) is 1. The van der Waals surface area contributed by atoms with Crippen LogP contribution in [0.4, 0.5) is 5.69 Å². The number of carbonyl (C=O) groups excluding carboxylic acids is 1. The number of rotatable bonds is 5. The van der Waals surface area contributed by atoms with Gasteiger partial charge in [0.25, 0.3) is 10.0 Å². The van der Waals surface area contributed by atoms with E-state index in [1.165, 1.54) is 41.3 Å². The maximum Gasteiger partial charge on any atom is 0.261 e. The third-order valence-corrected chi connectivity index (χ3v) is 4.49. The van der Waals surface area contributed by atoms with Gasteiger partial charge in [0.15, 0.2) is 0 Å². The number of sulfonamides is 1. The van der Waals surface area contributed by atoms with Crippen LogP contribution in [0.1, 0.15) is 10.4 Å². The molecule has 9 nitrogen and oxygen atoms in total. The third-order valence-electron chi connectivity index (χ3n) is 3.11. The largest absolute Gasteiger partial charge is 0.545 e. The van der Waals surface area contributed by atoms with Crippen LogP contribution in [0.5, 0.6) is 0 Å². The number of hydrogen-bond acceptors (Lipinski definition) is 7. The number of tetrazole rings is 1. The van der Waals surface area contributed by atoms with Crippen molar-refractivity contribution in [3.05, 3.63) is 60.4 Å². The van der Waals surface area contributed by atoms with Crippen molar-refractivity contribution in [1.29, 1.82) is 0 Å². The Morgan fingerprint density at radius 2 is 1.88 bits per heavy atom. The lowest BCUT2D eigenvalue weighted by molar-refractivity contribution is -0.255. The van der Waals surface area contributed by atoms with Crippen LogP contribution in [0, 0.1) is 0 Å². The minimum Gasteiger partial charge on any atom is -0.545 e. The van der Waals surface area contributed by atoms with Gasteiger partial charge in [0, 0.05) is 5.69 Å². The smallest absolute Gasteiger partial charge is 0.261 e. The Hall–Kier alpha value is -3.27. The van der Waals surface area contributed by atoms with Gasteiger partial charge in [-0.3, -0.25) is 4.72 Å². The molecule has 0 saturated carbocycles. The Bertz CT molecular complexity index is 969. The van der Waals surface area contributed by atoms with Gasteiger partial charge in [-0.25, -0.2) is 13.1 Å². The molecule has 1 N–H and O–H groups in total. The van der Waals surface area contributed by atoms with Crippen LogP contribution < -0.4 is 9.83 Å². The molecule has 0 saturated heterocycles. The lowest BCUT2D eigenvalue weighted by atomic mass is 10.2. The fourth-order valence-corrected chi connectivity index (χ4v) is 3.07. The van der Waals surface area contributed by atoms with Crippen LogP contribution in [-0.2, 0) is 10.0 Å². The van der Waals surface area contributed by atoms with Gasteiger partial charge in [0.2, 0.25) is 0 Å². The van der Waals surface area contributed by atoms with Crippen LogP contribution in [0.15, 0.2) is 59.8 Å². The van der Waals surface area contributed by atoms with Crippen molar-refractivity contribution in [2.45, 2.75) is 4.90 Å². The van der Waals surface area contributed by atoms with E-state index in [-0.39, 0.29) is 10.5 Å². The maximum atomic E-state index is 12.3. The molecule has 0 aliphatic heterocycles. The summed E-state index contributed by atoms with van der Waals surface area (Å²) in [5, 5.41) is 21.6. The Kier molecular flexibility index (Phi) is 3.96. The molecule has 0 aliphatic rings. The molecule has 1 aromatic heterocycles. The van der Waals surface area contributed by atoms with Gasteiger partial charge in [-0.2, -0.15) is 0 Å². The number of benzene rings is 2. The fraction of sp³-hybridized carbons (Fsp3) is 0. The molecule has 0 unspecified atom stereocenters. The average Bonchev–Trinajstić information content (AvgIpc) is 3.10. The summed E-state index contributed by atoms with van der Waals surface area (Å²) in [4.78, 5) is 10.7. The van der Waals surface area contributed by atoms with Crippen molar-refractivity contribution in [1.82, 2.24) is 20.2 Å². The lowest BCUT2D eigenvalue weighted by Gasteiger charge is -2.10. The summed E-state index contributed by atoms with van der Waals surface area (Å²) in [6.45, 7) is 0. The Labute approximate surface area is 136 Å². The molecule has 2 aromatic carbocycles. The second-order valence-corrected chi connectivity index (χ2v) is 6.40. The molecule has 0 radical (unpaired) electrons. The normalized spacial score (nSPS) is 11.2. The van der Waals surface area contributed by atoms with E-state index >= 15 is 0 Å². The molecule has 1 heterocycles. The number of carboxylic acids is 1. The first kappa shape index (κ1) is 15.6. The van der Waals surface area contributed by atoms with Gasteiger partial charge >= 0.3 is 0 Å². The predicted molar refractivity (Wildman–Crippen MR) is 80.7 cm³/mol. The Balaban J connectivity index is 1.84. The summed E-state index contributed by atoms with van der Waals surface area (Å²) >= 11 is 0. The zero-order chi connectivity index (χ0) is 17.2. The monoisotopic (exact) mass is 344 g/mol. The number of anilines is 1. The molecule has 3 aromatic rings. The molecule has 0 atom stereocenters. The Morgan fingerprint density at radius 3 is 2.50 bits per heavy atom. The summed E-state index contributed by atoms with van der Waals surface area (Å²) in [6.07, 6.45) is 1.41. The minimum atomic E-state index is -3.92. The molecule has 24 heavy (non-hydrogen) atoms. The van der Waals surface area contributed by atoms with E-state index in [0.717, 1.165) is 6.07 Å². The topological polar surface area (TPSA) is 130 Å². The number of aromatic nitrogens is 4. The highest BCUT2D eigenvalue weighted by atomic mass is 32.2. The van der Waals surface area contributed by atoms with E-state index in [2.05, 4.69) is 20.2 Å². The van der Waals surface area contributed by atoms with Gasteiger partial charge in [-0.15, -0.1) is 5.10 Å². The molecule has 0 amide bonds. The highest BCUT2D eigenvalue weighted by molar-refractivity contribution is 7.92. The highest BCUT2D eigenvalue weighted by Crippen LogP contribution is 2.18. The van der Waals surface area contributed by atoms with E-state index in [9.17, 15) is 18.3 Å². The van der Waals surface area contributed by atoms with Crippen LogP contribution in [-0.4, -0.2) is 34.6 Å². The van der Waals surface area contributed by atoms with Crippen LogP contribution in [0.3, 0.4) is 0 Å². The lowest BCUT2D eigenvalue weighted by Crippen LogP contribution is -2.23. The maximum absolute atomic E-state index is 12.3. The van der Waals surface area contributed by atoms with Crippen molar-refractivity contribution in [2.75, 3.05) is 4.72 Å². The van der Waals surface area contributed by atoms with Crippen molar-refractivity contribution in [2.24, 2.45) is 0 Å². The summed E-state index contributed by atoms with van der Waals surface area (Å²) < 4.78 is 28.4. The molecular formula is C14H10N5O4S-. The number of carboxylic acid groups (broad SMARTS) is 1. The summed E-state index contributed by atoms with van der Waals surface area (Å²) in [5.74, 6) is -1.45. The van der Waals surface area contributed by atoms with Gasteiger partial charge in [0.05, 0.1) is 16.6 Å². The van der Waals surface area contributed by atoms with Crippen LogP contribution >= 0.6 is 0 Å². The zero-order valence-electron chi connectivity index (χ0n) is 12.0. The predicted octanol–water partition coefficient (Wildman–Crippen LogP) is -0.173. The first-order valence-electron chi connectivity index (χ1n) is 6.63. The van der Waals surface area contributed by atoms with Crippen LogP contribution in [0.25, 0.3) is 5.69 Å². The van der Waals surface area contributed by atoms with Crippen molar-refractivity contribution >= 4 is 21.7 Å². The van der Waals surface area contributed by atoms with Gasteiger partial charge in [-0.05, 0) is 52.4 Å². The second kappa shape index (κ2) is 6.08. The number of aromatic carboxylic acids is 1. The van der Waals surface area contributed by atoms with Crippen molar-refractivity contribution in [3.8, 4) is 5.69 Å². The van der Waals surface area contributed by atoms with Gasteiger partial charge in [0.1, 0.15) is 6.33 Å². The van der Waals surface area contributed by atoms with Crippen molar-refractivity contribution < 1.29 is 18.3 Å². The standard InChI is InChI=1S/C14H11N5O4S/c20-14(21)10-2-1-3-13(8-10)24(22,23)16-11-4-6-12(7-5-11)19-9-15-17-18-19/h1-9,16H,(H,20,21)/p-1. The minimum absolute atomic E-state index is 0.172. The first-order chi connectivity index (χ1) is 11.5. The molecule has 0 bridgehead atoms. The molecule has 0 spiro atoms. The fourth-order valence-electron chi connectivity index (χ4n) is 1.97. The average molecular weight is 344 g/mol. The SMILES string of the molecule is O=C([O-])c1cccc(S(=O)(=O)Nc2ccc(-n3cnnn3)cc2)c1. The Morgan fingerprint density at radius 1 is 1.12 bits per heavy atom. The first-order valence-corrected chi connectivity index (χ1v) is 8.12. The number of nitrogens with zero attached hydrogens (tertiary/aromatic N) is 4. The van der Waals surface area contributed by atoms with E-state index in [1.54, 1.807) is 12.1 Å². The van der Waals surface area contributed by atoms with E-state index in [0.29, 0.717) is 11.4 Å². The van der Waals surface area contributed by atoms with E-state index in [4.69, 9.17) is 0 Å². The number of carbonyl (C=O) groups is 1. The van der Waals surface area contributed by atoms with E-state index in [1.807, 2.05) is 0 Å². The second-order valence-electron chi connectivity index (χ2n) is 4.72. The molecule has 10 heteroatoms. The summed E-state index contributed by atoms with van der Waals surface area (Å²) in [6, 6.07) is 11.3. The van der Waals surface area contributed by atoms with Gasteiger partial charge in [-0.1, -0.05) is 12.1 Å². The number of hydrogen-bond donors (Lipinski definition) is 1. The van der Waals surface area contributed by atoms with Crippen LogP contribution in [0.2, 0.25) is 0 Å². The molecule has 0 aliphatic carbocycles. The zero-order valence-corrected chi connectivity index (χ0v) is 12.8. The summed E-state index contributed by atoms with van der Waals surface area (Å²) in [5.41, 5.74) is 0.750.